The Labute approximate surface area is 131 Å². The SMILES string of the molecule is CCOC1CCC(C(=O)CN2CCCCC2N)CC1N([O-])O. The van der Waals surface area contributed by atoms with Crippen molar-refractivity contribution in [3.05, 3.63) is 5.21 Å². The maximum atomic E-state index is 12.5. The van der Waals surface area contributed by atoms with E-state index in [4.69, 9.17) is 10.5 Å². The number of piperidine rings is 1. The Morgan fingerprint density at radius 1 is 1.41 bits per heavy atom. The molecule has 0 amide bonds. The van der Waals surface area contributed by atoms with Gasteiger partial charge in [0.2, 0.25) is 0 Å². The molecule has 7 nitrogen and oxygen atoms in total. The molecule has 0 radical (unpaired) electrons. The number of Topliss-reactive ketones (excluding diaryl/α,β-unsaturated/α-hetero) is 1. The van der Waals surface area contributed by atoms with Crippen LogP contribution < -0.4 is 5.73 Å². The molecule has 2 rings (SSSR count). The molecular formula is C15H28N3O4-. The molecule has 4 unspecified atom stereocenters. The smallest absolute Gasteiger partial charge is 0.150 e. The van der Waals surface area contributed by atoms with Gasteiger partial charge in [-0.2, -0.15) is 0 Å². The number of ketones is 1. The van der Waals surface area contributed by atoms with E-state index in [-0.39, 0.29) is 29.2 Å². The molecule has 2 fully saturated rings. The number of hydrogen-bond donors (Lipinski definition) is 2. The summed E-state index contributed by atoms with van der Waals surface area (Å²) in [7, 11) is 0. The van der Waals surface area contributed by atoms with Crippen LogP contribution in [0.1, 0.15) is 45.4 Å². The maximum Gasteiger partial charge on any atom is 0.150 e. The summed E-state index contributed by atoms with van der Waals surface area (Å²) in [6, 6.07) is -0.655. The lowest BCUT2D eigenvalue weighted by Gasteiger charge is -2.42. The fourth-order valence-electron chi connectivity index (χ4n) is 3.59. The quantitative estimate of drug-likeness (QED) is 0.707. The van der Waals surface area contributed by atoms with Gasteiger partial charge >= 0.3 is 0 Å². The Morgan fingerprint density at radius 2 is 2.18 bits per heavy atom. The van der Waals surface area contributed by atoms with Gasteiger partial charge in [-0.05, 0) is 45.4 Å². The molecule has 7 heteroatoms. The molecule has 0 bridgehead atoms. The molecule has 1 aliphatic heterocycles. The highest BCUT2D eigenvalue weighted by Gasteiger charge is 2.35. The zero-order valence-electron chi connectivity index (χ0n) is 13.3. The van der Waals surface area contributed by atoms with Crippen molar-refractivity contribution in [2.24, 2.45) is 11.7 Å². The highest BCUT2D eigenvalue weighted by molar-refractivity contribution is 5.83. The largest absolute Gasteiger partial charge is 0.762 e. The Morgan fingerprint density at radius 3 is 2.82 bits per heavy atom. The molecule has 1 aliphatic carbocycles. The minimum atomic E-state index is -0.655. The van der Waals surface area contributed by atoms with E-state index in [1.165, 1.54) is 0 Å². The van der Waals surface area contributed by atoms with Gasteiger partial charge in [-0.15, -0.1) is 0 Å². The van der Waals surface area contributed by atoms with E-state index in [1.54, 1.807) is 0 Å². The Kier molecular flexibility index (Phi) is 6.73. The van der Waals surface area contributed by atoms with E-state index >= 15 is 0 Å². The molecule has 0 aromatic heterocycles. The number of hydroxylamine groups is 2. The topological polar surface area (TPSA) is 102 Å². The highest BCUT2D eigenvalue weighted by atomic mass is 16.8. The van der Waals surface area contributed by atoms with Crippen LogP contribution >= 0.6 is 0 Å². The summed E-state index contributed by atoms with van der Waals surface area (Å²) in [5.41, 5.74) is 6.05. The minimum absolute atomic E-state index is 0.0353. The van der Waals surface area contributed by atoms with Crippen molar-refractivity contribution < 1.29 is 14.7 Å². The molecule has 128 valence electrons. The molecule has 1 heterocycles. The molecule has 2 aliphatic rings. The van der Waals surface area contributed by atoms with Crippen LogP contribution in [0.2, 0.25) is 0 Å². The van der Waals surface area contributed by atoms with Crippen molar-refractivity contribution in [1.82, 2.24) is 10.1 Å². The van der Waals surface area contributed by atoms with E-state index in [0.717, 1.165) is 25.8 Å². The van der Waals surface area contributed by atoms with Crippen molar-refractivity contribution in [2.75, 3.05) is 19.7 Å². The van der Waals surface area contributed by atoms with Crippen molar-refractivity contribution in [1.29, 1.82) is 0 Å². The molecule has 0 spiro atoms. The van der Waals surface area contributed by atoms with Crippen molar-refractivity contribution in [3.8, 4) is 0 Å². The summed E-state index contributed by atoms with van der Waals surface area (Å²) in [6.45, 7) is 3.56. The van der Waals surface area contributed by atoms with Crippen LogP contribution in [0.5, 0.6) is 0 Å². The molecule has 0 aromatic rings. The van der Waals surface area contributed by atoms with E-state index in [1.807, 2.05) is 11.8 Å². The van der Waals surface area contributed by atoms with Crippen LogP contribution in [0.4, 0.5) is 0 Å². The summed E-state index contributed by atoms with van der Waals surface area (Å²) in [4.78, 5) is 14.5. The van der Waals surface area contributed by atoms with Gasteiger partial charge in [-0.1, -0.05) is 0 Å². The van der Waals surface area contributed by atoms with E-state index in [9.17, 15) is 15.2 Å². The second-order valence-corrected chi connectivity index (χ2v) is 6.37. The number of nitrogens with zero attached hydrogens (tertiary/aromatic N) is 2. The third kappa shape index (κ3) is 4.47. The summed E-state index contributed by atoms with van der Waals surface area (Å²) >= 11 is 0. The first-order valence-corrected chi connectivity index (χ1v) is 8.32. The average molecular weight is 314 g/mol. The Balaban J connectivity index is 1.90. The van der Waals surface area contributed by atoms with Crippen LogP contribution in [0, 0.1) is 11.1 Å². The molecule has 22 heavy (non-hydrogen) atoms. The van der Waals surface area contributed by atoms with Crippen LogP contribution in [0.15, 0.2) is 0 Å². The second-order valence-electron chi connectivity index (χ2n) is 6.37. The van der Waals surface area contributed by atoms with Crippen LogP contribution in [0.3, 0.4) is 0 Å². The Bertz CT molecular complexity index is 367. The molecule has 3 N–H and O–H groups in total. The predicted octanol–water partition coefficient (Wildman–Crippen LogP) is 1.09. The van der Waals surface area contributed by atoms with Crippen LogP contribution in [-0.4, -0.2) is 59.1 Å². The molecular weight excluding hydrogens is 286 g/mol. The van der Waals surface area contributed by atoms with E-state index in [2.05, 4.69) is 0 Å². The maximum absolute atomic E-state index is 12.5. The second kappa shape index (κ2) is 8.33. The average Bonchev–Trinajstić information content (AvgIpc) is 2.50. The zero-order chi connectivity index (χ0) is 16.1. The first-order chi connectivity index (χ1) is 10.5. The number of carbonyl (C=O) groups is 1. The summed E-state index contributed by atoms with van der Waals surface area (Å²) in [6.07, 6.45) is 4.46. The third-order valence-corrected chi connectivity index (χ3v) is 4.90. The number of ether oxygens (including phenoxy) is 1. The van der Waals surface area contributed by atoms with Gasteiger partial charge < -0.3 is 20.9 Å². The van der Waals surface area contributed by atoms with Gasteiger partial charge in [-0.3, -0.25) is 14.9 Å². The van der Waals surface area contributed by atoms with Gasteiger partial charge in [0.05, 0.1) is 18.8 Å². The lowest BCUT2D eigenvalue weighted by Crippen LogP contribution is -2.50. The molecule has 0 aromatic carbocycles. The van der Waals surface area contributed by atoms with Crippen molar-refractivity contribution in [2.45, 2.75) is 63.8 Å². The third-order valence-electron chi connectivity index (χ3n) is 4.90. The van der Waals surface area contributed by atoms with Crippen LogP contribution in [0.25, 0.3) is 0 Å². The van der Waals surface area contributed by atoms with Gasteiger partial charge in [0, 0.05) is 25.1 Å². The van der Waals surface area contributed by atoms with Gasteiger partial charge in [0.1, 0.15) is 5.78 Å². The predicted molar refractivity (Wildman–Crippen MR) is 81.9 cm³/mol. The minimum Gasteiger partial charge on any atom is -0.762 e. The van der Waals surface area contributed by atoms with Gasteiger partial charge in [-0.25, -0.2) is 0 Å². The van der Waals surface area contributed by atoms with E-state index < -0.39 is 6.04 Å². The van der Waals surface area contributed by atoms with Crippen molar-refractivity contribution >= 4 is 5.78 Å². The molecule has 1 saturated heterocycles. The summed E-state index contributed by atoms with van der Waals surface area (Å²) in [5.74, 6) is -0.0708. The van der Waals surface area contributed by atoms with Crippen molar-refractivity contribution in [3.63, 3.8) is 0 Å². The highest BCUT2D eigenvalue weighted by Crippen LogP contribution is 2.30. The number of hydrogen-bond acceptors (Lipinski definition) is 7. The number of nitrogens with two attached hydrogens (primary N) is 1. The zero-order valence-corrected chi connectivity index (χ0v) is 13.3. The fourth-order valence-corrected chi connectivity index (χ4v) is 3.59. The van der Waals surface area contributed by atoms with Crippen LogP contribution in [-0.2, 0) is 9.53 Å². The van der Waals surface area contributed by atoms with E-state index in [0.29, 0.717) is 32.4 Å². The Hall–Kier alpha value is -0.570. The monoisotopic (exact) mass is 314 g/mol. The fraction of sp³-hybridized carbons (Fsp3) is 0.933. The molecule has 1 saturated carbocycles. The lowest BCUT2D eigenvalue weighted by atomic mass is 9.81. The number of rotatable bonds is 6. The summed E-state index contributed by atoms with van der Waals surface area (Å²) < 4.78 is 5.51. The lowest BCUT2D eigenvalue weighted by molar-refractivity contribution is -0.152. The normalized spacial score (nSPS) is 34.0. The first kappa shape index (κ1) is 17.8. The molecule has 4 atom stereocenters. The van der Waals surface area contributed by atoms with Gasteiger partial charge in [0.25, 0.3) is 0 Å². The number of likely N-dealkylation sites (tertiary alicyclic amines) is 1. The number of carbonyl (C=O) groups excluding carboxylic acids is 1. The standard InChI is InChI=1S/C15H28N3O4/c1-2-22-14-7-6-11(9-12(14)18(20)21)13(19)10-17-8-4-3-5-15(17)16/h11-12,14-15,20H,2-10,16H2,1H3/q-1. The van der Waals surface area contributed by atoms with Gasteiger partial charge in [0.15, 0.2) is 0 Å². The summed E-state index contributed by atoms with van der Waals surface area (Å²) in [5, 5.41) is 20.6. The first-order valence-electron chi connectivity index (χ1n) is 8.32.